The van der Waals surface area contributed by atoms with Crippen LogP contribution in [0.1, 0.15) is 155 Å². The van der Waals surface area contributed by atoms with Gasteiger partial charge in [0.25, 0.3) is 23.6 Å². The average molecular weight is 967 g/mol. The second-order valence-corrected chi connectivity index (χ2v) is 20.0. The van der Waals surface area contributed by atoms with E-state index in [1.54, 1.807) is 0 Å². The van der Waals surface area contributed by atoms with E-state index < -0.39 is 0 Å². The summed E-state index contributed by atoms with van der Waals surface area (Å²) in [4.78, 5) is 62.5. The number of unbranched alkanes of at least 4 members (excludes halogenated alkanes) is 10. The first kappa shape index (κ1) is 48.0. The van der Waals surface area contributed by atoms with Crippen LogP contribution >= 0.6 is 0 Å². The van der Waals surface area contributed by atoms with Crippen molar-refractivity contribution >= 4 is 66.7 Å². The average Bonchev–Trinajstić information content (AvgIpc) is 3.44. The van der Waals surface area contributed by atoms with Crippen molar-refractivity contribution in [2.24, 2.45) is 0 Å². The van der Waals surface area contributed by atoms with Gasteiger partial charge in [0, 0.05) is 68.4 Å². The van der Waals surface area contributed by atoms with Gasteiger partial charge < -0.3 is 0 Å². The molecule has 2 aliphatic rings. The van der Waals surface area contributed by atoms with Crippen molar-refractivity contribution in [1.29, 1.82) is 0 Å². The largest absolute Gasteiger partial charge is 0.274 e. The number of carbonyl (C=O) groups is 4. The van der Waals surface area contributed by atoms with Crippen molar-refractivity contribution < 1.29 is 19.2 Å². The Morgan fingerprint density at radius 1 is 0.311 bits per heavy atom. The van der Waals surface area contributed by atoms with E-state index >= 15 is 9.59 Å². The molecule has 0 bridgehead atoms. The number of benzene rings is 9. The number of hydrogen-bond acceptors (Lipinski definition) is 4. The Morgan fingerprint density at radius 2 is 0.649 bits per heavy atom. The minimum Gasteiger partial charge on any atom is -0.274 e. The van der Waals surface area contributed by atoms with E-state index in [1.807, 2.05) is 121 Å². The highest BCUT2D eigenvalue weighted by atomic mass is 16.2. The van der Waals surface area contributed by atoms with Gasteiger partial charge in [-0.3, -0.25) is 29.0 Å². The second kappa shape index (κ2) is 21.0. The van der Waals surface area contributed by atoms with Crippen molar-refractivity contribution in [3.63, 3.8) is 0 Å². The molecule has 2 heterocycles. The van der Waals surface area contributed by atoms with Gasteiger partial charge in [-0.05, 0) is 140 Å². The molecule has 0 unspecified atom stereocenters. The zero-order chi connectivity index (χ0) is 50.7. The molecule has 0 spiro atoms. The maximum atomic E-state index is 15.0. The Labute approximate surface area is 433 Å². The van der Waals surface area contributed by atoms with Crippen molar-refractivity contribution in [1.82, 2.24) is 9.80 Å². The van der Waals surface area contributed by atoms with Crippen LogP contribution in [0.25, 0.3) is 65.3 Å². The third-order valence-electron chi connectivity index (χ3n) is 15.1. The molecule has 0 aliphatic carbocycles. The number of imide groups is 2. The summed E-state index contributed by atoms with van der Waals surface area (Å²) in [6, 6.07) is 47.8. The summed E-state index contributed by atoms with van der Waals surface area (Å²) in [5.41, 5.74) is 8.89. The normalized spacial score (nSPS) is 13.1. The first-order chi connectivity index (χ1) is 36.3. The van der Waals surface area contributed by atoms with Crippen LogP contribution in [-0.2, 0) is 0 Å². The highest BCUT2D eigenvalue weighted by molar-refractivity contribution is 6.44. The Kier molecular flexibility index (Phi) is 13.6. The minimum atomic E-state index is -0.295. The molecule has 11 rings (SSSR count). The number of carbonyl (C=O) groups excluding carboxylic acids is 4. The molecule has 2 aliphatic heterocycles. The van der Waals surface area contributed by atoms with Crippen LogP contribution in [0.2, 0.25) is 0 Å². The van der Waals surface area contributed by atoms with Crippen molar-refractivity contribution in [3.8, 4) is 45.9 Å². The summed E-state index contributed by atoms with van der Waals surface area (Å²) in [5, 5.41) is 6.28. The predicted molar refractivity (Wildman–Crippen MR) is 301 cm³/mol. The van der Waals surface area contributed by atoms with Gasteiger partial charge in [-0.1, -0.05) is 175 Å². The van der Waals surface area contributed by atoms with E-state index in [4.69, 9.17) is 0 Å². The summed E-state index contributed by atoms with van der Waals surface area (Å²) in [6.45, 7) is 5.09. The van der Waals surface area contributed by atoms with Gasteiger partial charge in [0.1, 0.15) is 0 Å². The number of nitrogens with zero attached hydrogens (tertiary/aromatic N) is 2. The molecule has 0 saturated heterocycles. The molecule has 364 valence electrons. The lowest BCUT2D eigenvalue weighted by Crippen LogP contribution is -2.41. The summed E-state index contributed by atoms with van der Waals surface area (Å²) in [5.74, 6) is 12.0. The summed E-state index contributed by atoms with van der Waals surface area (Å²) < 4.78 is 0. The van der Waals surface area contributed by atoms with E-state index in [-0.39, 0.29) is 23.6 Å². The first-order valence-corrected chi connectivity index (χ1v) is 26.7. The fourth-order valence-electron chi connectivity index (χ4n) is 11.3. The molecule has 0 saturated carbocycles. The summed E-state index contributed by atoms with van der Waals surface area (Å²) in [7, 11) is 0. The maximum Gasteiger partial charge on any atom is 0.261 e. The number of hydrogen-bond donors (Lipinski definition) is 0. The maximum absolute atomic E-state index is 15.0. The fourth-order valence-corrected chi connectivity index (χ4v) is 11.3. The molecule has 6 nitrogen and oxygen atoms in total. The van der Waals surface area contributed by atoms with Crippen LogP contribution in [0, 0.1) is 23.7 Å². The van der Waals surface area contributed by atoms with Gasteiger partial charge in [0.2, 0.25) is 0 Å². The lowest BCUT2D eigenvalue weighted by molar-refractivity contribution is 0.0592. The van der Waals surface area contributed by atoms with Crippen LogP contribution in [0.4, 0.5) is 0 Å². The molecule has 9 aromatic carbocycles. The smallest absolute Gasteiger partial charge is 0.261 e. The van der Waals surface area contributed by atoms with Crippen LogP contribution in [-0.4, -0.2) is 46.5 Å². The molecular weight excluding hydrogens is 909 g/mol. The lowest BCUT2D eigenvalue weighted by atomic mass is 9.77. The zero-order valence-corrected chi connectivity index (χ0v) is 42.3. The van der Waals surface area contributed by atoms with Crippen molar-refractivity contribution in [2.75, 3.05) is 13.1 Å². The van der Waals surface area contributed by atoms with Gasteiger partial charge in [-0.2, -0.15) is 0 Å². The number of amides is 4. The van der Waals surface area contributed by atoms with E-state index in [1.165, 1.54) is 22.6 Å². The van der Waals surface area contributed by atoms with Crippen LogP contribution < -0.4 is 0 Å². The predicted octanol–water partition coefficient (Wildman–Crippen LogP) is 15.8. The van der Waals surface area contributed by atoms with E-state index in [9.17, 15) is 9.59 Å². The standard InChI is InChI=1S/C68H58N2O4/c1-3-5-7-9-11-19-41-69-65(71)53-39-37-51-60-56(50-35-31-48(32-36-50)28-26-46-23-17-14-18-24-46)44-58-62-54(66(72)70(68(58)74)42-20-12-10-8-6-4-2)40-38-52(64(60)62)59-55(43-57(67(69)73)61(53)63(51)59)49-33-29-47(30-34-49)27-25-45-21-15-13-16-22-45/h13-18,21-24,29-40,43-44H,3-12,19-20,41-42H2,1-2H3. The lowest BCUT2D eigenvalue weighted by Gasteiger charge is -2.32. The van der Waals surface area contributed by atoms with Crippen LogP contribution in [0.5, 0.6) is 0 Å². The molecule has 0 N–H and O–H groups in total. The molecule has 9 aromatic rings. The highest BCUT2D eigenvalue weighted by Crippen LogP contribution is 2.52. The Hall–Kier alpha value is -8.32. The SMILES string of the molecule is CCCCCCCCN1C(=O)c2ccc3c4c(-c5ccc(C#Cc6ccccc6)cc5)cc5c6c(ccc(c7c(-c8ccc(C#Cc9ccccc9)cc8)cc(c2c37)C1=O)c64)C(=O)N(CCCCCCCC)C5=O. The van der Waals surface area contributed by atoms with Gasteiger partial charge >= 0.3 is 0 Å². The Morgan fingerprint density at radius 3 is 1.03 bits per heavy atom. The summed E-state index contributed by atoms with van der Waals surface area (Å²) in [6.07, 6.45) is 12.4. The molecule has 0 atom stereocenters. The first-order valence-electron chi connectivity index (χ1n) is 26.7. The molecule has 6 heteroatoms. The molecule has 0 radical (unpaired) electrons. The third-order valence-corrected chi connectivity index (χ3v) is 15.1. The van der Waals surface area contributed by atoms with Gasteiger partial charge in [-0.15, -0.1) is 0 Å². The number of fused-ring (bicyclic) bond motifs is 2. The fraction of sp³-hybridized carbons (Fsp3) is 0.235. The third kappa shape index (κ3) is 8.90. The van der Waals surface area contributed by atoms with Crippen molar-refractivity contribution in [3.05, 3.63) is 190 Å². The van der Waals surface area contributed by atoms with E-state index in [0.717, 1.165) is 141 Å². The monoisotopic (exact) mass is 966 g/mol. The van der Waals surface area contributed by atoms with Gasteiger partial charge in [-0.25, -0.2) is 0 Å². The molecule has 0 fully saturated rings. The molecule has 0 aromatic heterocycles. The molecule has 74 heavy (non-hydrogen) atoms. The van der Waals surface area contributed by atoms with E-state index in [0.29, 0.717) is 46.1 Å². The van der Waals surface area contributed by atoms with Crippen LogP contribution in [0.15, 0.2) is 146 Å². The number of rotatable bonds is 16. The van der Waals surface area contributed by atoms with Crippen LogP contribution in [0.3, 0.4) is 0 Å². The van der Waals surface area contributed by atoms with Crippen molar-refractivity contribution in [2.45, 2.75) is 90.9 Å². The topological polar surface area (TPSA) is 74.8 Å². The summed E-state index contributed by atoms with van der Waals surface area (Å²) >= 11 is 0. The zero-order valence-electron chi connectivity index (χ0n) is 42.3. The van der Waals surface area contributed by atoms with E-state index in [2.05, 4.69) is 61.8 Å². The van der Waals surface area contributed by atoms with Gasteiger partial charge in [0.05, 0.1) is 0 Å². The molecule has 4 amide bonds. The minimum absolute atomic E-state index is 0.284. The highest BCUT2D eigenvalue weighted by Gasteiger charge is 2.38. The molecular formula is C68H58N2O4. The van der Waals surface area contributed by atoms with Gasteiger partial charge in [0.15, 0.2) is 0 Å². The second-order valence-electron chi connectivity index (χ2n) is 20.0. The Bertz CT molecular complexity index is 3530. The quantitative estimate of drug-likeness (QED) is 0.0318. The Balaban J connectivity index is 1.14.